The van der Waals surface area contributed by atoms with E-state index in [2.05, 4.69) is 5.32 Å². The number of hydrogen-bond acceptors (Lipinski definition) is 6. The third-order valence-electron chi connectivity index (χ3n) is 6.07. The molecule has 2 fully saturated rings. The van der Waals surface area contributed by atoms with Gasteiger partial charge in [-0.05, 0) is 45.6 Å². The molecule has 2 aliphatic rings. The quantitative estimate of drug-likeness (QED) is 0.630. The standard InChI is InChI=1S/C22H29F2N3O4S/c1-11-6-14(11)27-18(29)17-12(2)15(8-25-9-16(28)31-21(3,4)5)32-19(17)26(20(27)30)10-13-7-22(13,23)24/h11,13-14,25H,6-10H2,1-5H3/t11-,13?,14-/m0/s1. The predicted octanol–water partition coefficient (Wildman–Crippen LogP) is 3.20. The Bertz CT molecular complexity index is 1190. The molecule has 2 saturated carbocycles. The van der Waals surface area contributed by atoms with Crippen LogP contribution in [0, 0.1) is 18.8 Å². The summed E-state index contributed by atoms with van der Waals surface area (Å²) in [6.45, 7) is 9.32. The minimum absolute atomic E-state index is 0.00409. The summed E-state index contributed by atoms with van der Waals surface area (Å²) in [5.74, 6) is -3.83. The molecule has 2 aromatic heterocycles. The van der Waals surface area contributed by atoms with Gasteiger partial charge in [-0.3, -0.25) is 18.7 Å². The Labute approximate surface area is 188 Å². The summed E-state index contributed by atoms with van der Waals surface area (Å²) < 4.78 is 35.2. The zero-order chi connectivity index (χ0) is 23.6. The first-order valence-corrected chi connectivity index (χ1v) is 11.7. The molecule has 7 nitrogen and oxygen atoms in total. The van der Waals surface area contributed by atoms with Crippen molar-refractivity contribution in [3.8, 4) is 0 Å². The van der Waals surface area contributed by atoms with Crippen LogP contribution in [0.3, 0.4) is 0 Å². The third-order valence-corrected chi connectivity index (χ3v) is 7.39. The number of ether oxygens (including phenoxy) is 1. The lowest BCUT2D eigenvalue weighted by atomic mass is 10.2. The Balaban J connectivity index is 1.67. The summed E-state index contributed by atoms with van der Waals surface area (Å²) in [6, 6.07) is -0.182. The molecular weight excluding hydrogens is 440 g/mol. The van der Waals surface area contributed by atoms with Crippen LogP contribution in [0.4, 0.5) is 8.78 Å². The van der Waals surface area contributed by atoms with Gasteiger partial charge in [0.2, 0.25) is 0 Å². The number of carbonyl (C=O) groups is 1. The van der Waals surface area contributed by atoms with E-state index < -0.39 is 29.1 Å². The van der Waals surface area contributed by atoms with Crippen molar-refractivity contribution in [1.82, 2.24) is 14.5 Å². The maximum atomic E-state index is 13.6. The topological polar surface area (TPSA) is 82.3 Å². The highest BCUT2D eigenvalue weighted by Gasteiger charge is 2.57. The molecule has 32 heavy (non-hydrogen) atoms. The van der Waals surface area contributed by atoms with E-state index in [1.54, 1.807) is 27.7 Å². The van der Waals surface area contributed by atoms with Gasteiger partial charge in [-0.1, -0.05) is 6.92 Å². The summed E-state index contributed by atoms with van der Waals surface area (Å²) in [7, 11) is 0. The molecule has 0 amide bonds. The van der Waals surface area contributed by atoms with Crippen LogP contribution in [0.2, 0.25) is 0 Å². The monoisotopic (exact) mass is 469 g/mol. The minimum Gasteiger partial charge on any atom is -0.459 e. The smallest absolute Gasteiger partial charge is 0.332 e. The van der Waals surface area contributed by atoms with Crippen LogP contribution in [-0.4, -0.2) is 33.2 Å². The molecule has 4 rings (SSSR count). The van der Waals surface area contributed by atoms with Crippen molar-refractivity contribution in [3.05, 3.63) is 31.3 Å². The van der Waals surface area contributed by atoms with Gasteiger partial charge in [-0.15, -0.1) is 11.3 Å². The number of hydrogen-bond donors (Lipinski definition) is 1. The summed E-state index contributed by atoms with van der Waals surface area (Å²) in [5, 5.41) is 3.43. The highest BCUT2D eigenvalue weighted by molar-refractivity contribution is 7.18. The van der Waals surface area contributed by atoms with Crippen LogP contribution in [0.1, 0.15) is 57.0 Å². The van der Waals surface area contributed by atoms with Crippen molar-refractivity contribution in [2.24, 2.45) is 11.8 Å². The van der Waals surface area contributed by atoms with E-state index in [1.165, 1.54) is 20.5 Å². The summed E-state index contributed by atoms with van der Waals surface area (Å²) in [5.41, 5.74) is -0.734. The van der Waals surface area contributed by atoms with E-state index in [4.69, 9.17) is 4.74 Å². The lowest BCUT2D eigenvalue weighted by molar-refractivity contribution is -0.153. The van der Waals surface area contributed by atoms with E-state index in [9.17, 15) is 23.2 Å². The molecule has 0 radical (unpaired) electrons. The molecular formula is C22H29F2N3O4S. The number of esters is 1. The van der Waals surface area contributed by atoms with Gasteiger partial charge in [0.1, 0.15) is 10.4 Å². The molecule has 2 heterocycles. The largest absolute Gasteiger partial charge is 0.459 e. The van der Waals surface area contributed by atoms with Crippen molar-refractivity contribution in [2.75, 3.05) is 6.54 Å². The number of alkyl halides is 2. The van der Waals surface area contributed by atoms with Gasteiger partial charge < -0.3 is 10.1 Å². The average molecular weight is 470 g/mol. The zero-order valence-corrected chi connectivity index (χ0v) is 19.8. The van der Waals surface area contributed by atoms with Crippen LogP contribution in [-0.2, 0) is 22.6 Å². The number of nitrogens with zero attached hydrogens (tertiary/aromatic N) is 2. The first-order chi connectivity index (χ1) is 14.8. The molecule has 10 heteroatoms. The van der Waals surface area contributed by atoms with E-state index in [0.717, 1.165) is 11.3 Å². The van der Waals surface area contributed by atoms with Crippen LogP contribution in [0.5, 0.6) is 0 Å². The fourth-order valence-electron chi connectivity index (χ4n) is 4.04. The highest BCUT2D eigenvalue weighted by atomic mass is 32.1. The SMILES string of the molecule is Cc1c(CNCC(=O)OC(C)(C)C)sc2c1c(=O)n([C@H]1C[C@@H]1C)c(=O)n2CC1CC1(F)F. The number of halogens is 2. The second-order valence-corrected chi connectivity index (χ2v) is 11.1. The van der Waals surface area contributed by atoms with Gasteiger partial charge in [-0.25, -0.2) is 13.6 Å². The van der Waals surface area contributed by atoms with Gasteiger partial charge in [0.05, 0.1) is 11.9 Å². The summed E-state index contributed by atoms with van der Waals surface area (Å²) in [6.07, 6.45) is 0.488. The van der Waals surface area contributed by atoms with E-state index in [0.29, 0.717) is 22.3 Å². The Morgan fingerprint density at radius 1 is 1.31 bits per heavy atom. The normalized spacial score (nSPS) is 24.0. The van der Waals surface area contributed by atoms with Crippen LogP contribution >= 0.6 is 11.3 Å². The van der Waals surface area contributed by atoms with Crippen molar-refractivity contribution in [1.29, 1.82) is 0 Å². The fraction of sp³-hybridized carbons (Fsp3) is 0.682. The number of carbonyl (C=O) groups excluding carboxylic acids is 1. The highest BCUT2D eigenvalue weighted by Crippen LogP contribution is 2.50. The van der Waals surface area contributed by atoms with Gasteiger partial charge in [0.15, 0.2) is 0 Å². The second kappa shape index (κ2) is 7.76. The van der Waals surface area contributed by atoms with Gasteiger partial charge in [0, 0.05) is 36.3 Å². The number of rotatable bonds is 7. The number of nitrogens with one attached hydrogen (secondary N) is 1. The Morgan fingerprint density at radius 2 is 1.94 bits per heavy atom. The van der Waals surface area contributed by atoms with Gasteiger partial charge in [0.25, 0.3) is 11.5 Å². The molecule has 3 atom stereocenters. The molecule has 0 aromatic carbocycles. The number of fused-ring (bicyclic) bond motifs is 1. The molecule has 0 spiro atoms. The number of aryl methyl sites for hydroxylation is 1. The Kier molecular flexibility index (Phi) is 5.60. The average Bonchev–Trinajstić information content (AvgIpc) is 3.47. The van der Waals surface area contributed by atoms with Crippen LogP contribution in [0.15, 0.2) is 9.59 Å². The maximum Gasteiger partial charge on any atom is 0.332 e. The van der Waals surface area contributed by atoms with Crippen molar-refractivity contribution < 1.29 is 18.3 Å². The van der Waals surface area contributed by atoms with E-state index in [-0.39, 0.29) is 37.0 Å². The summed E-state index contributed by atoms with van der Waals surface area (Å²) >= 11 is 1.25. The molecule has 0 aliphatic heterocycles. The molecule has 2 aliphatic carbocycles. The van der Waals surface area contributed by atoms with Crippen molar-refractivity contribution >= 4 is 27.5 Å². The van der Waals surface area contributed by atoms with Crippen molar-refractivity contribution in [3.63, 3.8) is 0 Å². The van der Waals surface area contributed by atoms with Gasteiger partial charge in [-0.2, -0.15) is 0 Å². The van der Waals surface area contributed by atoms with Crippen molar-refractivity contribution in [2.45, 2.75) is 78.1 Å². The van der Waals surface area contributed by atoms with E-state index in [1.807, 2.05) is 6.92 Å². The fourth-order valence-corrected chi connectivity index (χ4v) is 5.31. The minimum atomic E-state index is -2.76. The number of aromatic nitrogens is 2. The zero-order valence-electron chi connectivity index (χ0n) is 19.0. The second-order valence-electron chi connectivity index (χ2n) is 10.0. The third kappa shape index (κ3) is 4.39. The predicted molar refractivity (Wildman–Crippen MR) is 119 cm³/mol. The Morgan fingerprint density at radius 3 is 2.47 bits per heavy atom. The van der Waals surface area contributed by atoms with E-state index >= 15 is 0 Å². The first kappa shape index (κ1) is 23.1. The first-order valence-electron chi connectivity index (χ1n) is 10.9. The van der Waals surface area contributed by atoms with Crippen LogP contribution < -0.4 is 16.6 Å². The maximum absolute atomic E-state index is 13.6. The lowest BCUT2D eigenvalue weighted by Crippen LogP contribution is -2.40. The molecule has 0 saturated heterocycles. The Hall–Kier alpha value is -2.07. The molecule has 1 N–H and O–H groups in total. The molecule has 2 aromatic rings. The lowest BCUT2D eigenvalue weighted by Gasteiger charge is -2.19. The molecule has 176 valence electrons. The van der Waals surface area contributed by atoms with Gasteiger partial charge >= 0.3 is 11.7 Å². The summed E-state index contributed by atoms with van der Waals surface area (Å²) in [4.78, 5) is 39.6. The number of thiophene rings is 1. The molecule has 0 bridgehead atoms. The molecule has 1 unspecified atom stereocenters. The van der Waals surface area contributed by atoms with Crippen LogP contribution in [0.25, 0.3) is 10.2 Å².